The highest BCUT2D eigenvalue weighted by atomic mass is 16.4. The van der Waals surface area contributed by atoms with Crippen molar-refractivity contribution in [1.29, 1.82) is 0 Å². The van der Waals surface area contributed by atoms with Crippen molar-refractivity contribution in [1.82, 2.24) is 5.32 Å². The van der Waals surface area contributed by atoms with Crippen LogP contribution in [-0.4, -0.2) is 23.0 Å². The van der Waals surface area contributed by atoms with E-state index in [2.05, 4.69) is 5.32 Å². The maximum atomic E-state index is 12.1. The zero-order valence-electron chi connectivity index (χ0n) is 11.3. The van der Waals surface area contributed by atoms with E-state index in [4.69, 9.17) is 5.11 Å². The molecule has 1 amide bonds. The first-order valence-electron chi connectivity index (χ1n) is 7.15. The third-order valence-corrected chi connectivity index (χ3v) is 3.74. The van der Waals surface area contributed by atoms with E-state index in [0.717, 1.165) is 25.7 Å². The van der Waals surface area contributed by atoms with E-state index in [-0.39, 0.29) is 24.3 Å². The number of nitrogens with one attached hydrogen (secondary N) is 1. The minimum absolute atomic E-state index is 0.0228. The van der Waals surface area contributed by atoms with E-state index < -0.39 is 5.97 Å². The molecule has 2 N–H and O–H groups in total. The number of carboxylic acids is 1. The van der Waals surface area contributed by atoms with Gasteiger partial charge in [-0.05, 0) is 19.3 Å². The number of rotatable bonds is 5. The van der Waals surface area contributed by atoms with Gasteiger partial charge in [-0.15, -0.1) is 0 Å². The largest absolute Gasteiger partial charge is 0.481 e. The molecule has 0 aromatic rings. The molecule has 1 aliphatic rings. The lowest BCUT2D eigenvalue weighted by Gasteiger charge is -2.22. The summed E-state index contributed by atoms with van der Waals surface area (Å²) in [6.07, 6.45) is 8.56. The SMILES string of the molecule is CCC(CC(=O)O)NC(=O)C1CCCCCCC1. The van der Waals surface area contributed by atoms with Crippen molar-refractivity contribution in [2.24, 2.45) is 5.92 Å². The average molecular weight is 255 g/mol. The first-order valence-corrected chi connectivity index (χ1v) is 7.15. The Morgan fingerprint density at radius 2 is 1.72 bits per heavy atom. The van der Waals surface area contributed by atoms with Crippen LogP contribution in [0, 0.1) is 5.92 Å². The van der Waals surface area contributed by atoms with Gasteiger partial charge in [0.25, 0.3) is 0 Å². The molecule has 0 aromatic heterocycles. The van der Waals surface area contributed by atoms with Crippen LogP contribution in [0.4, 0.5) is 0 Å². The molecule has 4 nitrogen and oxygen atoms in total. The molecule has 0 heterocycles. The van der Waals surface area contributed by atoms with Gasteiger partial charge in [0.15, 0.2) is 0 Å². The molecule has 4 heteroatoms. The van der Waals surface area contributed by atoms with Crippen LogP contribution in [0.2, 0.25) is 0 Å². The molecule has 1 unspecified atom stereocenters. The van der Waals surface area contributed by atoms with Crippen molar-refractivity contribution >= 4 is 11.9 Å². The maximum absolute atomic E-state index is 12.1. The molecule has 0 spiro atoms. The third-order valence-electron chi connectivity index (χ3n) is 3.74. The number of aliphatic carboxylic acids is 1. The Morgan fingerprint density at radius 3 is 2.22 bits per heavy atom. The highest BCUT2D eigenvalue weighted by Gasteiger charge is 2.22. The summed E-state index contributed by atoms with van der Waals surface area (Å²) >= 11 is 0. The predicted molar refractivity (Wildman–Crippen MR) is 70.3 cm³/mol. The maximum Gasteiger partial charge on any atom is 0.305 e. The highest BCUT2D eigenvalue weighted by molar-refractivity contribution is 5.79. The van der Waals surface area contributed by atoms with Crippen LogP contribution in [-0.2, 0) is 9.59 Å². The fraction of sp³-hybridized carbons (Fsp3) is 0.857. The first-order chi connectivity index (χ1) is 8.63. The van der Waals surface area contributed by atoms with E-state index in [1.165, 1.54) is 19.3 Å². The minimum atomic E-state index is -0.847. The van der Waals surface area contributed by atoms with Crippen molar-refractivity contribution in [2.45, 2.75) is 70.8 Å². The van der Waals surface area contributed by atoms with Gasteiger partial charge in [0.1, 0.15) is 0 Å². The van der Waals surface area contributed by atoms with Crippen LogP contribution in [0.25, 0.3) is 0 Å². The standard InChI is InChI=1S/C14H25NO3/c1-2-12(10-13(16)17)15-14(18)11-8-6-4-3-5-7-9-11/h11-12H,2-10H2,1H3,(H,15,18)(H,16,17). The second kappa shape index (κ2) is 8.11. The summed E-state index contributed by atoms with van der Waals surface area (Å²) < 4.78 is 0. The van der Waals surface area contributed by atoms with E-state index in [1.54, 1.807) is 0 Å². The second-order valence-corrected chi connectivity index (χ2v) is 5.25. The lowest BCUT2D eigenvalue weighted by atomic mass is 9.90. The Bertz CT molecular complexity index is 270. The van der Waals surface area contributed by atoms with Crippen molar-refractivity contribution in [2.75, 3.05) is 0 Å². The fourth-order valence-corrected chi connectivity index (χ4v) is 2.55. The number of amides is 1. The topological polar surface area (TPSA) is 66.4 Å². The van der Waals surface area contributed by atoms with Gasteiger partial charge in [0.2, 0.25) is 5.91 Å². The van der Waals surface area contributed by atoms with Gasteiger partial charge in [-0.3, -0.25) is 9.59 Å². The molecule has 0 saturated heterocycles. The lowest BCUT2D eigenvalue weighted by molar-refractivity contribution is -0.137. The Labute approximate surface area is 109 Å². The fourth-order valence-electron chi connectivity index (χ4n) is 2.55. The molecule has 1 fully saturated rings. The zero-order chi connectivity index (χ0) is 13.4. The molecule has 0 bridgehead atoms. The number of hydrogen-bond acceptors (Lipinski definition) is 2. The molecule has 104 valence electrons. The van der Waals surface area contributed by atoms with E-state index >= 15 is 0 Å². The van der Waals surface area contributed by atoms with Crippen molar-refractivity contribution in [3.63, 3.8) is 0 Å². The minimum Gasteiger partial charge on any atom is -0.481 e. The molecule has 1 saturated carbocycles. The molecular weight excluding hydrogens is 230 g/mol. The Hall–Kier alpha value is -1.06. The Kier molecular flexibility index (Phi) is 6.76. The summed E-state index contributed by atoms with van der Waals surface area (Å²) in [5, 5.41) is 11.7. The summed E-state index contributed by atoms with van der Waals surface area (Å²) in [6, 6.07) is -0.222. The van der Waals surface area contributed by atoms with E-state index in [0.29, 0.717) is 6.42 Å². The average Bonchev–Trinajstić information content (AvgIpc) is 2.26. The first kappa shape index (κ1) is 15.0. The summed E-state index contributed by atoms with van der Waals surface area (Å²) in [5.74, 6) is -0.696. The van der Waals surface area contributed by atoms with Crippen molar-refractivity contribution in [3.05, 3.63) is 0 Å². The number of carboxylic acid groups (broad SMARTS) is 1. The monoisotopic (exact) mass is 255 g/mol. The molecule has 1 aliphatic carbocycles. The van der Waals surface area contributed by atoms with Gasteiger partial charge in [-0.25, -0.2) is 0 Å². The van der Waals surface area contributed by atoms with E-state index in [1.807, 2.05) is 6.92 Å². The lowest BCUT2D eigenvalue weighted by Crippen LogP contribution is -2.40. The van der Waals surface area contributed by atoms with Crippen molar-refractivity contribution < 1.29 is 14.7 Å². The van der Waals surface area contributed by atoms with Crippen LogP contribution < -0.4 is 5.32 Å². The van der Waals surface area contributed by atoms with Crippen LogP contribution in [0.1, 0.15) is 64.7 Å². The zero-order valence-corrected chi connectivity index (χ0v) is 11.3. The molecule has 18 heavy (non-hydrogen) atoms. The van der Waals surface area contributed by atoms with E-state index in [9.17, 15) is 9.59 Å². The second-order valence-electron chi connectivity index (χ2n) is 5.25. The summed E-state index contributed by atoms with van der Waals surface area (Å²) in [6.45, 7) is 1.91. The molecule has 1 rings (SSSR count). The molecular formula is C14H25NO3. The van der Waals surface area contributed by atoms with Crippen LogP contribution in [0.5, 0.6) is 0 Å². The highest BCUT2D eigenvalue weighted by Crippen LogP contribution is 2.22. The number of carbonyl (C=O) groups is 2. The predicted octanol–water partition coefficient (Wildman–Crippen LogP) is 2.72. The van der Waals surface area contributed by atoms with Gasteiger partial charge in [-0.1, -0.05) is 39.0 Å². The van der Waals surface area contributed by atoms with Gasteiger partial charge in [0.05, 0.1) is 6.42 Å². The normalized spacial score (nSPS) is 19.6. The summed E-state index contributed by atoms with van der Waals surface area (Å²) in [5.41, 5.74) is 0. The smallest absolute Gasteiger partial charge is 0.305 e. The Balaban J connectivity index is 2.42. The third kappa shape index (κ3) is 5.52. The van der Waals surface area contributed by atoms with Gasteiger partial charge >= 0.3 is 5.97 Å². The number of carbonyl (C=O) groups excluding carboxylic acids is 1. The molecule has 1 atom stereocenters. The van der Waals surface area contributed by atoms with Crippen LogP contribution >= 0.6 is 0 Å². The number of hydrogen-bond donors (Lipinski definition) is 2. The molecule has 0 aromatic carbocycles. The van der Waals surface area contributed by atoms with Crippen molar-refractivity contribution in [3.8, 4) is 0 Å². The summed E-state index contributed by atoms with van der Waals surface area (Å²) in [7, 11) is 0. The van der Waals surface area contributed by atoms with Gasteiger partial charge in [0, 0.05) is 12.0 Å². The van der Waals surface area contributed by atoms with Gasteiger partial charge in [-0.2, -0.15) is 0 Å². The van der Waals surface area contributed by atoms with Crippen LogP contribution in [0.15, 0.2) is 0 Å². The molecule has 0 radical (unpaired) electrons. The quantitative estimate of drug-likeness (QED) is 0.793. The molecule has 0 aliphatic heterocycles. The summed E-state index contributed by atoms with van der Waals surface area (Å²) in [4.78, 5) is 22.8. The van der Waals surface area contributed by atoms with Gasteiger partial charge < -0.3 is 10.4 Å². The Morgan fingerprint density at radius 1 is 1.17 bits per heavy atom. The van der Waals surface area contributed by atoms with Crippen LogP contribution in [0.3, 0.4) is 0 Å².